The molecule has 4 heteroatoms. The smallest absolute Gasteiger partial charge is 0.305 e. The van der Waals surface area contributed by atoms with E-state index >= 15 is 0 Å². The van der Waals surface area contributed by atoms with Gasteiger partial charge in [-0.1, -0.05) is 36.4 Å². The molecular weight excluding hydrogens is 268 g/mol. The van der Waals surface area contributed by atoms with Crippen LogP contribution in [0.15, 0.2) is 70.5 Å². The third-order valence-electron chi connectivity index (χ3n) is 3.13. The summed E-state index contributed by atoms with van der Waals surface area (Å²) in [5.74, 6) is 0. The first-order chi connectivity index (χ1) is 9.78. The Morgan fingerprint density at radius 3 is 2.60 bits per heavy atom. The molecule has 20 heavy (non-hydrogen) atoms. The monoisotopic (exact) mass is 282 g/mol. The molecule has 1 aromatic heterocycles. The van der Waals surface area contributed by atoms with Gasteiger partial charge < -0.3 is 4.98 Å². The van der Waals surface area contributed by atoms with Gasteiger partial charge in [-0.2, -0.15) is 0 Å². The number of imidazole rings is 1. The van der Waals surface area contributed by atoms with Crippen LogP contribution in [0.3, 0.4) is 0 Å². The summed E-state index contributed by atoms with van der Waals surface area (Å²) in [6.07, 6.45) is 3.87. The molecule has 0 aliphatic heterocycles. The van der Waals surface area contributed by atoms with Gasteiger partial charge in [0.1, 0.15) is 0 Å². The predicted molar refractivity (Wildman–Crippen MR) is 83.6 cm³/mol. The molecule has 3 nitrogen and oxygen atoms in total. The van der Waals surface area contributed by atoms with Gasteiger partial charge in [0.15, 0.2) is 0 Å². The molecule has 2 aromatic carbocycles. The van der Waals surface area contributed by atoms with E-state index in [-0.39, 0.29) is 5.69 Å². The Labute approximate surface area is 121 Å². The zero-order chi connectivity index (χ0) is 13.9. The number of aromatic amines is 1. The molecule has 3 aromatic rings. The standard InChI is InChI=1S/C16H14N2OS/c1-20-14-9-5-8-13(10-14)18-11-15(17-16(18)19)12-6-3-2-4-7-12/h2-11H,1H3,(H,17,19). The third kappa shape index (κ3) is 2.42. The molecule has 0 unspecified atom stereocenters. The van der Waals surface area contributed by atoms with E-state index in [0.29, 0.717) is 0 Å². The number of H-pyrrole nitrogens is 1. The summed E-state index contributed by atoms with van der Waals surface area (Å²) in [6, 6.07) is 17.8. The van der Waals surface area contributed by atoms with E-state index in [9.17, 15) is 4.79 Å². The Morgan fingerprint density at radius 1 is 1.05 bits per heavy atom. The number of nitrogens with zero attached hydrogens (tertiary/aromatic N) is 1. The molecule has 0 aliphatic rings. The van der Waals surface area contributed by atoms with E-state index in [1.54, 1.807) is 16.3 Å². The highest BCUT2D eigenvalue weighted by Crippen LogP contribution is 2.20. The maximum atomic E-state index is 12.1. The van der Waals surface area contributed by atoms with Crippen molar-refractivity contribution in [1.82, 2.24) is 9.55 Å². The summed E-state index contributed by atoms with van der Waals surface area (Å²) in [5.41, 5.74) is 2.58. The van der Waals surface area contributed by atoms with Crippen molar-refractivity contribution >= 4 is 11.8 Å². The zero-order valence-corrected chi connectivity index (χ0v) is 11.9. The van der Waals surface area contributed by atoms with Gasteiger partial charge in [0, 0.05) is 11.1 Å². The van der Waals surface area contributed by atoms with E-state index in [2.05, 4.69) is 4.98 Å². The summed E-state index contributed by atoms with van der Waals surface area (Å²) in [4.78, 5) is 16.1. The second-order valence-corrected chi connectivity index (χ2v) is 5.29. The maximum Gasteiger partial charge on any atom is 0.330 e. The molecule has 1 N–H and O–H groups in total. The van der Waals surface area contributed by atoms with Gasteiger partial charge in [-0.05, 0) is 30.0 Å². The largest absolute Gasteiger partial charge is 0.330 e. The van der Waals surface area contributed by atoms with E-state index < -0.39 is 0 Å². The number of nitrogens with one attached hydrogen (secondary N) is 1. The molecule has 3 rings (SSSR count). The van der Waals surface area contributed by atoms with Crippen LogP contribution in [0.4, 0.5) is 0 Å². The highest BCUT2D eigenvalue weighted by atomic mass is 32.2. The lowest BCUT2D eigenvalue weighted by molar-refractivity contribution is 0.982. The minimum absolute atomic E-state index is 0.123. The molecule has 1 heterocycles. The minimum atomic E-state index is -0.123. The Hall–Kier alpha value is -2.20. The molecule has 0 radical (unpaired) electrons. The number of hydrogen-bond acceptors (Lipinski definition) is 2. The number of benzene rings is 2. The highest BCUT2D eigenvalue weighted by Gasteiger charge is 2.07. The third-order valence-corrected chi connectivity index (χ3v) is 3.86. The summed E-state index contributed by atoms with van der Waals surface area (Å²) >= 11 is 1.66. The fourth-order valence-electron chi connectivity index (χ4n) is 2.11. The van der Waals surface area contributed by atoms with Crippen LogP contribution in [0.1, 0.15) is 0 Å². The molecule has 100 valence electrons. The van der Waals surface area contributed by atoms with Crippen molar-refractivity contribution in [3.63, 3.8) is 0 Å². The highest BCUT2D eigenvalue weighted by molar-refractivity contribution is 7.98. The Kier molecular flexibility index (Phi) is 3.48. The summed E-state index contributed by atoms with van der Waals surface area (Å²) < 4.78 is 1.64. The summed E-state index contributed by atoms with van der Waals surface area (Å²) in [6.45, 7) is 0. The zero-order valence-electron chi connectivity index (χ0n) is 11.0. The number of hydrogen-bond donors (Lipinski definition) is 1. The molecule has 0 atom stereocenters. The van der Waals surface area contributed by atoms with Gasteiger partial charge in [0.25, 0.3) is 0 Å². The molecule has 0 saturated heterocycles. The molecular formula is C16H14N2OS. The van der Waals surface area contributed by atoms with E-state index in [1.165, 1.54) is 0 Å². The van der Waals surface area contributed by atoms with Crippen molar-refractivity contribution in [1.29, 1.82) is 0 Å². The lowest BCUT2D eigenvalue weighted by Crippen LogP contribution is -2.13. The van der Waals surface area contributed by atoms with Gasteiger partial charge in [-0.25, -0.2) is 4.79 Å². The quantitative estimate of drug-likeness (QED) is 0.746. The second kappa shape index (κ2) is 5.43. The second-order valence-electron chi connectivity index (χ2n) is 4.41. The SMILES string of the molecule is CSc1cccc(-n2cc(-c3ccccc3)[nH]c2=O)c1. The van der Waals surface area contributed by atoms with Crippen LogP contribution in [0.2, 0.25) is 0 Å². The van der Waals surface area contributed by atoms with Crippen LogP contribution in [0.25, 0.3) is 16.9 Å². The first kappa shape index (κ1) is 12.8. The van der Waals surface area contributed by atoms with Crippen molar-refractivity contribution in [2.45, 2.75) is 4.90 Å². The van der Waals surface area contributed by atoms with E-state index in [1.807, 2.05) is 67.0 Å². The summed E-state index contributed by atoms with van der Waals surface area (Å²) in [7, 11) is 0. The lowest BCUT2D eigenvalue weighted by atomic mass is 10.2. The Balaban J connectivity index is 2.07. The molecule has 0 amide bonds. The van der Waals surface area contributed by atoms with Crippen LogP contribution in [-0.2, 0) is 0 Å². The fourth-order valence-corrected chi connectivity index (χ4v) is 2.57. The molecule has 0 aliphatic carbocycles. The number of rotatable bonds is 3. The van der Waals surface area contributed by atoms with Gasteiger partial charge in [-0.3, -0.25) is 4.57 Å². The molecule has 0 spiro atoms. The van der Waals surface area contributed by atoms with Gasteiger partial charge >= 0.3 is 5.69 Å². The number of aromatic nitrogens is 2. The van der Waals surface area contributed by atoms with Gasteiger partial charge in [0.2, 0.25) is 0 Å². The van der Waals surface area contributed by atoms with Crippen LogP contribution in [-0.4, -0.2) is 15.8 Å². The van der Waals surface area contributed by atoms with Crippen LogP contribution < -0.4 is 5.69 Å². The van der Waals surface area contributed by atoms with E-state index in [4.69, 9.17) is 0 Å². The number of thioether (sulfide) groups is 1. The average Bonchev–Trinajstić information content (AvgIpc) is 2.90. The topological polar surface area (TPSA) is 37.8 Å². The predicted octanol–water partition coefficient (Wildman–Crippen LogP) is 3.55. The minimum Gasteiger partial charge on any atom is -0.305 e. The van der Waals surface area contributed by atoms with Gasteiger partial charge in [-0.15, -0.1) is 11.8 Å². The van der Waals surface area contributed by atoms with Crippen molar-refractivity contribution < 1.29 is 0 Å². The summed E-state index contributed by atoms with van der Waals surface area (Å²) in [5, 5.41) is 0. The molecule has 0 fully saturated rings. The van der Waals surface area contributed by atoms with Crippen molar-refractivity contribution in [2.75, 3.05) is 6.26 Å². The lowest BCUT2D eigenvalue weighted by Gasteiger charge is -2.02. The molecule has 0 saturated carbocycles. The van der Waals surface area contributed by atoms with E-state index in [0.717, 1.165) is 21.8 Å². The average molecular weight is 282 g/mol. The first-order valence-electron chi connectivity index (χ1n) is 6.29. The van der Waals surface area contributed by atoms with Crippen LogP contribution in [0.5, 0.6) is 0 Å². The Bertz CT molecular complexity index is 774. The van der Waals surface area contributed by atoms with Gasteiger partial charge in [0.05, 0.1) is 11.4 Å². The van der Waals surface area contributed by atoms with Crippen LogP contribution >= 0.6 is 11.8 Å². The van der Waals surface area contributed by atoms with Crippen molar-refractivity contribution in [3.8, 4) is 16.9 Å². The normalized spacial score (nSPS) is 10.7. The Morgan fingerprint density at radius 2 is 1.85 bits per heavy atom. The fraction of sp³-hybridized carbons (Fsp3) is 0.0625. The van der Waals surface area contributed by atoms with Crippen LogP contribution in [0, 0.1) is 0 Å². The maximum absolute atomic E-state index is 12.1. The first-order valence-corrected chi connectivity index (χ1v) is 7.52. The molecule has 0 bridgehead atoms. The van der Waals surface area contributed by atoms with Crippen molar-refractivity contribution in [2.24, 2.45) is 0 Å². The van der Waals surface area contributed by atoms with Crippen molar-refractivity contribution in [3.05, 3.63) is 71.3 Å².